The molecule has 0 aliphatic rings. The van der Waals surface area contributed by atoms with Gasteiger partial charge in [-0.1, -0.05) is 0 Å². The van der Waals surface area contributed by atoms with E-state index in [1.54, 1.807) is 0 Å². The standard InChI is InChI=1S/C13H24N2O5/c1-13(2,3)20-8-9(16)7-10(12(14)18)15-11(17)5-6-19-4/h10H,5-8H2,1-4H3,(H2,14,18)(H,15,17)/t10-/m0/s1. The van der Waals surface area contributed by atoms with Crippen molar-refractivity contribution in [2.24, 2.45) is 5.73 Å². The first-order valence-corrected chi connectivity index (χ1v) is 6.39. The fraction of sp³-hybridized carbons (Fsp3) is 0.769. The summed E-state index contributed by atoms with van der Waals surface area (Å²) in [4.78, 5) is 34.4. The maximum atomic E-state index is 11.7. The molecule has 0 aromatic carbocycles. The van der Waals surface area contributed by atoms with Gasteiger partial charge in [0.2, 0.25) is 11.8 Å². The number of amides is 2. The van der Waals surface area contributed by atoms with E-state index in [1.165, 1.54) is 7.11 Å². The van der Waals surface area contributed by atoms with Gasteiger partial charge in [-0.2, -0.15) is 0 Å². The Labute approximate surface area is 119 Å². The first kappa shape index (κ1) is 18.5. The predicted octanol–water partition coefficient (Wildman–Crippen LogP) is -0.233. The number of nitrogens with one attached hydrogen (secondary N) is 1. The van der Waals surface area contributed by atoms with E-state index in [0.717, 1.165) is 0 Å². The molecule has 0 aromatic rings. The zero-order valence-corrected chi connectivity index (χ0v) is 12.5. The number of carbonyl (C=O) groups is 3. The minimum Gasteiger partial charge on any atom is -0.384 e. The van der Waals surface area contributed by atoms with Crippen molar-refractivity contribution in [2.45, 2.75) is 45.3 Å². The van der Waals surface area contributed by atoms with Crippen molar-refractivity contribution in [1.29, 1.82) is 0 Å². The minimum absolute atomic E-state index is 0.104. The van der Waals surface area contributed by atoms with Crippen LogP contribution in [0.1, 0.15) is 33.6 Å². The van der Waals surface area contributed by atoms with Gasteiger partial charge in [0.25, 0.3) is 0 Å². The number of rotatable bonds is 9. The monoisotopic (exact) mass is 288 g/mol. The second kappa shape index (κ2) is 8.65. The Bertz CT molecular complexity index is 349. The molecule has 0 radical (unpaired) electrons. The quantitative estimate of drug-likeness (QED) is 0.609. The van der Waals surface area contributed by atoms with Gasteiger partial charge in [0.15, 0.2) is 5.78 Å². The molecule has 0 aliphatic heterocycles. The summed E-state index contributed by atoms with van der Waals surface area (Å²) in [5.74, 6) is -1.43. The van der Waals surface area contributed by atoms with E-state index in [0.29, 0.717) is 0 Å². The largest absolute Gasteiger partial charge is 0.384 e. The number of hydrogen-bond acceptors (Lipinski definition) is 5. The summed E-state index contributed by atoms with van der Waals surface area (Å²) in [7, 11) is 1.46. The number of ether oxygens (including phenoxy) is 2. The molecule has 0 bridgehead atoms. The number of methoxy groups -OCH3 is 1. The van der Waals surface area contributed by atoms with Crippen LogP contribution in [0.3, 0.4) is 0 Å². The van der Waals surface area contributed by atoms with E-state index >= 15 is 0 Å². The second-order valence-corrected chi connectivity index (χ2v) is 5.41. The highest BCUT2D eigenvalue weighted by Crippen LogP contribution is 2.07. The van der Waals surface area contributed by atoms with Crippen molar-refractivity contribution in [1.82, 2.24) is 5.32 Å². The van der Waals surface area contributed by atoms with Crippen LogP contribution in [0.25, 0.3) is 0 Å². The highest BCUT2D eigenvalue weighted by molar-refractivity contribution is 5.92. The van der Waals surface area contributed by atoms with Crippen molar-refractivity contribution < 1.29 is 23.9 Å². The molecule has 0 saturated carbocycles. The Hall–Kier alpha value is -1.47. The summed E-state index contributed by atoms with van der Waals surface area (Å²) in [5, 5.41) is 2.41. The van der Waals surface area contributed by atoms with E-state index in [-0.39, 0.29) is 37.7 Å². The molecule has 0 saturated heterocycles. The van der Waals surface area contributed by atoms with Gasteiger partial charge >= 0.3 is 0 Å². The Balaban J connectivity index is 4.30. The lowest BCUT2D eigenvalue weighted by atomic mass is 10.1. The number of nitrogens with two attached hydrogens (primary N) is 1. The summed E-state index contributed by atoms with van der Waals surface area (Å²) in [6.07, 6.45) is -0.0723. The molecule has 7 heteroatoms. The molecular formula is C13H24N2O5. The number of primary amides is 1. The Morgan fingerprint density at radius 1 is 1.25 bits per heavy atom. The average molecular weight is 288 g/mol. The van der Waals surface area contributed by atoms with Crippen LogP contribution >= 0.6 is 0 Å². The van der Waals surface area contributed by atoms with Crippen LogP contribution in [0.15, 0.2) is 0 Å². The van der Waals surface area contributed by atoms with Crippen molar-refractivity contribution in [2.75, 3.05) is 20.3 Å². The van der Waals surface area contributed by atoms with Crippen molar-refractivity contribution >= 4 is 17.6 Å². The fourth-order valence-electron chi connectivity index (χ4n) is 1.27. The van der Waals surface area contributed by atoms with Crippen LogP contribution < -0.4 is 11.1 Å². The maximum Gasteiger partial charge on any atom is 0.240 e. The number of Topliss-reactive ketones (excluding diaryl/α,β-unsaturated/α-hetero) is 1. The summed E-state index contributed by atoms with van der Waals surface area (Å²) in [6.45, 7) is 5.56. The maximum absolute atomic E-state index is 11.7. The SMILES string of the molecule is COCCC(=O)N[C@@H](CC(=O)COC(C)(C)C)C(N)=O. The van der Waals surface area contributed by atoms with Gasteiger partial charge in [-0.25, -0.2) is 0 Å². The van der Waals surface area contributed by atoms with E-state index in [1.807, 2.05) is 20.8 Å². The predicted molar refractivity (Wildman–Crippen MR) is 72.9 cm³/mol. The molecule has 0 unspecified atom stereocenters. The molecule has 0 fully saturated rings. The normalized spacial score (nSPS) is 12.8. The van der Waals surface area contributed by atoms with Crippen LogP contribution in [0.2, 0.25) is 0 Å². The highest BCUT2D eigenvalue weighted by Gasteiger charge is 2.22. The van der Waals surface area contributed by atoms with Crippen LogP contribution in [-0.4, -0.2) is 49.6 Å². The summed E-state index contributed by atoms with van der Waals surface area (Å²) < 4.78 is 10.1. The van der Waals surface area contributed by atoms with Crippen molar-refractivity contribution in [3.05, 3.63) is 0 Å². The van der Waals surface area contributed by atoms with Gasteiger partial charge in [-0.3, -0.25) is 14.4 Å². The van der Waals surface area contributed by atoms with Crippen LogP contribution in [-0.2, 0) is 23.9 Å². The molecular weight excluding hydrogens is 264 g/mol. The zero-order chi connectivity index (χ0) is 15.8. The number of hydrogen-bond donors (Lipinski definition) is 2. The highest BCUT2D eigenvalue weighted by atomic mass is 16.5. The fourth-order valence-corrected chi connectivity index (χ4v) is 1.27. The molecule has 0 spiro atoms. The van der Waals surface area contributed by atoms with Crippen molar-refractivity contribution in [3.8, 4) is 0 Å². The molecule has 20 heavy (non-hydrogen) atoms. The van der Waals surface area contributed by atoms with Crippen molar-refractivity contribution in [3.63, 3.8) is 0 Å². The van der Waals surface area contributed by atoms with E-state index < -0.39 is 17.6 Å². The average Bonchev–Trinajstić information content (AvgIpc) is 2.32. The summed E-state index contributed by atoms with van der Waals surface area (Å²) in [6, 6.07) is -1.02. The third-order valence-corrected chi connectivity index (χ3v) is 2.31. The molecule has 0 heterocycles. The van der Waals surface area contributed by atoms with Crippen LogP contribution in [0.5, 0.6) is 0 Å². The lowest BCUT2D eigenvalue weighted by Crippen LogP contribution is -2.46. The molecule has 3 N–H and O–H groups in total. The summed E-state index contributed by atoms with van der Waals surface area (Å²) in [5.41, 5.74) is 4.72. The lowest BCUT2D eigenvalue weighted by molar-refractivity contribution is -0.133. The Kier molecular flexibility index (Phi) is 8.02. The lowest BCUT2D eigenvalue weighted by Gasteiger charge is -2.20. The third kappa shape index (κ3) is 9.46. The van der Waals surface area contributed by atoms with Crippen LogP contribution in [0.4, 0.5) is 0 Å². The van der Waals surface area contributed by atoms with Crippen LogP contribution in [0, 0.1) is 0 Å². The van der Waals surface area contributed by atoms with E-state index in [2.05, 4.69) is 5.32 Å². The van der Waals surface area contributed by atoms with Gasteiger partial charge in [-0.15, -0.1) is 0 Å². The summed E-state index contributed by atoms with van der Waals surface area (Å²) >= 11 is 0. The first-order valence-electron chi connectivity index (χ1n) is 6.39. The smallest absolute Gasteiger partial charge is 0.240 e. The Morgan fingerprint density at radius 2 is 1.85 bits per heavy atom. The molecule has 1 atom stereocenters. The minimum atomic E-state index is -1.02. The molecule has 0 aliphatic carbocycles. The second-order valence-electron chi connectivity index (χ2n) is 5.41. The molecule has 0 aromatic heterocycles. The number of ketones is 1. The topological polar surface area (TPSA) is 108 Å². The molecule has 2 amide bonds. The third-order valence-electron chi connectivity index (χ3n) is 2.31. The van der Waals surface area contributed by atoms with Gasteiger partial charge in [0.05, 0.1) is 12.2 Å². The van der Waals surface area contributed by atoms with Gasteiger partial charge in [0, 0.05) is 20.0 Å². The molecule has 7 nitrogen and oxygen atoms in total. The first-order chi connectivity index (χ1) is 9.15. The van der Waals surface area contributed by atoms with E-state index in [4.69, 9.17) is 15.2 Å². The molecule has 116 valence electrons. The number of carbonyl (C=O) groups excluding carboxylic acids is 3. The molecule has 0 rings (SSSR count). The van der Waals surface area contributed by atoms with E-state index in [9.17, 15) is 14.4 Å². The Morgan fingerprint density at radius 3 is 2.30 bits per heavy atom. The van der Waals surface area contributed by atoms with Gasteiger partial charge in [-0.05, 0) is 20.8 Å². The van der Waals surface area contributed by atoms with Gasteiger partial charge in [0.1, 0.15) is 12.6 Å². The zero-order valence-electron chi connectivity index (χ0n) is 12.5. The van der Waals surface area contributed by atoms with Gasteiger partial charge < -0.3 is 20.5 Å².